The summed E-state index contributed by atoms with van der Waals surface area (Å²) < 4.78 is 1.47. The zero-order chi connectivity index (χ0) is 14.1. The third-order valence-corrected chi connectivity index (χ3v) is 4.62. The molecule has 1 saturated heterocycles. The van der Waals surface area contributed by atoms with Crippen LogP contribution >= 0.6 is 0 Å². The number of nitrogens with one attached hydrogen (secondary N) is 2. The molecule has 3 rings (SSSR count). The van der Waals surface area contributed by atoms with Crippen molar-refractivity contribution < 1.29 is 4.79 Å². The van der Waals surface area contributed by atoms with Crippen LogP contribution in [-0.4, -0.2) is 45.8 Å². The molecule has 6 nitrogen and oxygen atoms in total. The molecule has 1 aromatic rings. The first-order valence-corrected chi connectivity index (χ1v) is 7.45. The van der Waals surface area contributed by atoms with Crippen LogP contribution in [0.25, 0.3) is 0 Å². The lowest BCUT2D eigenvalue weighted by molar-refractivity contribution is 0.0424. The standard InChI is InChI=1S/C14H22N4O2/c1-17-12(8-13(19)16-17)14(20)15-9-11-6-7-18(11)10-4-2-3-5-10/h8,10-11H,2-7,9H2,1H3,(H,15,20)(H,16,19). The third-order valence-electron chi connectivity index (χ3n) is 4.62. The van der Waals surface area contributed by atoms with E-state index < -0.39 is 0 Å². The van der Waals surface area contributed by atoms with E-state index in [2.05, 4.69) is 15.3 Å². The lowest BCUT2D eigenvalue weighted by Gasteiger charge is -2.45. The Morgan fingerprint density at radius 3 is 2.70 bits per heavy atom. The predicted molar refractivity (Wildman–Crippen MR) is 75.7 cm³/mol. The van der Waals surface area contributed by atoms with Crippen LogP contribution in [0, 0.1) is 0 Å². The van der Waals surface area contributed by atoms with E-state index in [9.17, 15) is 9.59 Å². The first-order valence-electron chi connectivity index (χ1n) is 7.45. The topological polar surface area (TPSA) is 70.1 Å². The van der Waals surface area contributed by atoms with Crippen molar-refractivity contribution >= 4 is 5.91 Å². The highest BCUT2D eigenvalue weighted by Crippen LogP contribution is 2.30. The van der Waals surface area contributed by atoms with Crippen LogP contribution in [0.3, 0.4) is 0 Å². The minimum atomic E-state index is -0.242. The summed E-state index contributed by atoms with van der Waals surface area (Å²) >= 11 is 0. The number of rotatable bonds is 4. The number of aryl methyl sites for hydroxylation is 1. The third kappa shape index (κ3) is 2.52. The second-order valence-electron chi connectivity index (χ2n) is 5.89. The molecule has 2 N–H and O–H groups in total. The first-order chi connectivity index (χ1) is 9.65. The van der Waals surface area contributed by atoms with Gasteiger partial charge in [0.25, 0.3) is 11.5 Å². The van der Waals surface area contributed by atoms with Crippen molar-refractivity contribution in [1.82, 2.24) is 20.0 Å². The smallest absolute Gasteiger partial charge is 0.269 e. The van der Waals surface area contributed by atoms with Gasteiger partial charge in [0.2, 0.25) is 0 Å². The number of hydrogen-bond donors (Lipinski definition) is 2. The summed E-state index contributed by atoms with van der Waals surface area (Å²) in [5.74, 6) is -0.177. The van der Waals surface area contributed by atoms with E-state index in [1.165, 1.54) is 36.4 Å². The number of aromatic nitrogens is 2. The SMILES string of the molecule is Cn1[nH]c(=O)cc1C(=O)NCC1CCN1C1CCCC1. The Morgan fingerprint density at radius 2 is 2.15 bits per heavy atom. The van der Waals surface area contributed by atoms with Crippen LogP contribution < -0.4 is 10.9 Å². The van der Waals surface area contributed by atoms with Crippen LogP contribution in [0.15, 0.2) is 10.9 Å². The number of nitrogens with zero attached hydrogens (tertiary/aromatic N) is 2. The molecule has 1 aromatic heterocycles. The van der Waals surface area contributed by atoms with Gasteiger partial charge in [-0.2, -0.15) is 0 Å². The number of carbonyl (C=O) groups is 1. The molecule has 0 aromatic carbocycles. The van der Waals surface area contributed by atoms with Gasteiger partial charge < -0.3 is 5.32 Å². The normalized spacial score (nSPS) is 23.8. The van der Waals surface area contributed by atoms with Crippen molar-refractivity contribution in [3.8, 4) is 0 Å². The number of likely N-dealkylation sites (tertiary alicyclic amines) is 1. The maximum Gasteiger partial charge on any atom is 0.269 e. The van der Waals surface area contributed by atoms with Gasteiger partial charge in [-0.1, -0.05) is 12.8 Å². The highest BCUT2D eigenvalue weighted by atomic mass is 16.2. The van der Waals surface area contributed by atoms with Gasteiger partial charge in [-0.15, -0.1) is 0 Å². The molecular weight excluding hydrogens is 256 g/mol. The van der Waals surface area contributed by atoms with E-state index in [0.29, 0.717) is 18.3 Å². The molecule has 0 spiro atoms. The fourth-order valence-corrected chi connectivity index (χ4v) is 3.39. The average molecular weight is 278 g/mol. The number of hydrogen-bond acceptors (Lipinski definition) is 3. The van der Waals surface area contributed by atoms with Crippen LogP contribution in [0.2, 0.25) is 0 Å². The van der Waals surface area contributed by atoms with Crippen molar-refractivity contribution in [3.05, 3.63) is 22.1 Å². The zero-order valence-electron chi connectivity index (χ0n) is 11.9. The monoisotopic (exact) mass is 278 g/mol. The second-order valence-corrected chi connectivity index (χ2v) is 5.89. The quantitative estimate of drug-likeness (QED) is 0.840. The molecule has 1 aliphatic heterocycles. The second kappa shape index (κ2) is 5.44. The lowest BCUT2D eigenvalue weighted by atomic mass is 9.98. The van der Waals surface area contributed by atoms with Crippen molar-refractivity contribution in [1.29, 1.82) is 0 Å². The summed E-state index contributed by atoms with van der Waals surface area (Å²) in [5.41, 5.74) is 0.149. The molecular formula is C14H22N4O2. The van der Waals surface area contributed by atoms with Crippen molar-refractivity contribution in [2.24, 2.45) is 7.05 Å². The minimum Gasteiger partial charge on any atom is -0.349 e. The van der Waals surface area contributed by atoms with Crippen molar-refractivity contribution in [2.45, 2.75) is 44.2 Å². The number of carbonyl (C=O) groups excluding carboxylic acids is 1. The molecule has 2 aliphatic rings. The minimum absolute atomic E-state index is 0.177. The summed E-state index contributed by atoms with van der Waals surface area (Å²) in [4.78, 5) is 25.8. The van der Waals surface area contributed by atoms with Crippen molar-refractivity contribution in [3.63, 3.8) is 0 Å². The van der Waals surface area contributed by atoms with Gasteiger partial charge in [-0.25, -0.2) is 0 Å². The molecule has 110 valence electrons. The summed E-state index contributed by atoms with van der Waals surface area (Å²) in [6.45, 7) is 1.84. The molecule has 20 heavy (non-hydrogen) atoms. The summed E-state index contributed by atoms with van der Waals surface area (Å²) in [6, 6.07) is 2.53. The number of aromatic amines is 1. The van der Waals surface area contributed by atoms with Crippen LogP contribution in [-0.2, 0) is 7.05 Å². The molecule has 0 bridgehead atoms. The van der Waals surface area contributed by atoms with Crippen LogP contribution in [0.1, 0.15) is 42.6 Å². The van der Waals surface area contributed by atoms with Gasteiger partial charge >= 0.3 is 0 Å². The maximum atomic E-state index is 12.0. The molecule has 2 fully saturated rings. The Balaban J connectivity index is 1.53. The Hall–Kier alpha value is -1.56. The highest BCUT2D eigenvalue weighted by molar-refractivity contribution is 5.92. The Labute approximate surface area is 118 Å². The number of H-pyrrole nitrogens is 1. The predicted octanol–water partition coefficient (Wildman–Crippen LogP) is 0.460. The Kier molecular flexibility index (Phi) is 3.65. The summed E-state index contributed by atoms with van der Waals surface area (Å²) in [7, 11) is 1.67. The van der Waals surface area contributed by atoms with E-state index in [0.717, 1.165) is 19.0 Å². The molecule has 1 atom stereocenters. The average Bonchev–Trinajstić information content (AvgIpc) is 2.98. The molecule has 2 heterocycles. The van der Waals surface area contributed by atoms with Gasteiger partial charge in [0, 0.05) is 38.3 Å². The van der Waals surface area contributed by atoms with Crippen molar-refractivity contribution in [2.75, 3.05) is 13.1 Å². The Bertz CT molecular complexity index is 542. The molecule has 0 radical (unpaired) electrons. The molecule has 1 aliphatic carbocycles. The lowest BCUT2D eigenvalue weighted by Crippen LogP contribution is -2.56. The fourth-order valence-electron chi connectivity index (χ4n) is 3.39. The van der Waals surface area contributed by atoms with Crippen LogP contribution in [0.5, 0.6) is 0 Å². The number of amides is 1. The summed E-state index contributed by atoms with van der Waals surface area (Å²) in [5, 5.41) is 5.50. The molecule has 1 unspecified atom stereocenters. The van der Waals surface area contributed by atoms with E-state index in [1.54, 1.807) is 7.05 Å². The first kappa shape index (κ1) is 13.4. The molecule has 1 amide bonds. The van der Waals surface area contributed by atoms with Gasteiger partial charge in [0.1, 0.15) is 5.69 Å². The largest absolute Gasteiger partial charge is 0.349 e. The maximum absolute atomic E-state index is 12.0. The molecule has 1 saturated carbocycles. The van der Waals surface area contributed by atoms with Crippen LogP contribution in [0.4, 0.5) is 0 Å². The highest BCUT2D eigenvalue weighted by Gasteiger charge is 2.35. The Morgan fingerprint density at radius 1 is 1.40 bits per heavy atom. The zero-order valence-corrected chi connectivity index (χ0v) is 11.9. The summed E-state index contributed by atoms with van der Waals surface area (Å²) in [6.07, 6.45) is 6.44. The van der Waals surface area contributed by atoms with Gasteiger partial charge in [-0.3, -0.25) is 24.3 Å². The van der Waals surface area contributed by atoms with E-state index in [1.807, 2.05) is 0 Å². The van der Waals surface area contributed by atoms with Gasteiger partial charge in [0.15, 0.2) is 0 Å². The van der Waals surface area contributed by atoms with Gasteiger partial charge in [-0.05, 0) is 19.3 Å². The fraction of sp³-hybridized carbons (Fsp3) is 0.714. The van der Waals surface area contributed by atoms with E-state index in [-0.39, 0.29) is 11.5 Å². The van der Waals surface area contributed by atoms with E-state index >= 15 is 0 Å². The van der Waals surface area contributed by atoms with Gasteiger partial charge in [0.05, 0.1) is 0 Å². The molecule has 6 heteroatoms. The van der Waals surface area contributed by atoms with E-state index in [4.69, 9.17) is 0 Å².